The lowest BCUT2D eigenvalue weighted by molar-refractivity contribution is -0.123. The number of morpholine rings is 1. The molecule has 0 saturated carbocycles. The first-order valence-corrected chi connectivity index (χ1v) is 8.73. The molecule has 1 unspecified atom stereocenters. The molecule has 0 aromatic carbocycles. The summed E-state index contributed by atoms with van der Waals surface area (Å²) in [5.74, 6) is -0.383. The molecule has 1 aliphatic rings. The minimum absolute atomic E-state index is 0.142. The van der Waals surface area contributed by atoms with Crippen LogP contribution in [-0.4, -0.2) is 61.1 Å². The maximum absolute atomic E-state index is 12.2. The van der Waals surface area contributed by atoms with Crippen molar-refractivity contribution in [2.75, 3.05) is 32.8 Å². The van der Waals surface area contributed by atoms with Gasteiger partial charge in [0.15, 0.2) is 0 Å². The van der Waals surface area contributed by atoms with E-state index in [0.29, 0.717) is 11.4 Å². The van der Waals surface area contributed by atoms with Crippen LogP contribution in [0, 0.1) is 0 Å². The second-order valence-corrected chi connectivity index (χ2v) is 7.25. The first kappa shape index (κ1) is 17.9. The first-order chi connectivity index (χ1) is 10.9. The van der Waals surface area contributed by atoms with Crippen molar-refractivity contribution in [3.8, 4) is 0 Å². The normalized spacial score (nSPS) is 17.5. The van der Waals surface area contributed by atoms with Gasteiger partial charge in [-0.05, 0) is 32.2 Å². The molecule has 1 saturated heterocycles. The number of thiophene rings is 1. The summed E-state index contributed by atoms with van der Waals surface area (Å²) in [6.45, 7) is 9.63. The summed E-state index contributed by atoms with van der Waals surface area (Å²) in [6, 6.07) is 2.99. The minimum Gasteiger partial charge on any atom is -0.379 e. The fourth-order valence-electron chi connectivity index (χ4n) is 2.48. The van der Waals surface area contributed by atoms with E-state index in [2.05, 4.69) is 29.4 Å². The second kappa shape index (κ2) is 7.90. The molecule has 1 aromatic heterocycles. The Balaban J connectivity index is 1.80. The fraction of sp³-hybridized carbons (Fsp3) is 0.625. The van der Waals surface area contributed by atoms with E-state index in [1.54, 1.807) is 13.0 Å². The molecule has 0 radical (unpaired) electrons. The van der Waals surface area contributed by atoms with Crippen LogP contribution < -0.4 is 10.6 Å². The molecule has 0 aliphatic carbocycles. The zero-order valence-electron chi connectivity index (χ0n) is 13.9. The Morgan fingerprint density at radius 1 is 1.39 bits per heavy atom. The van der Waals surface area contributed by atoms with Crippen LogP contribution in [0.1, 0.15) is 30.4 Å². The van der Waals surface area contributed by atoms with Crippen molar-refractivity contribution in [3.63, 3.8) is 0 Å². The van der Waals surface area contributed by atoms with Crippen LogP contribution in [0.15, 0.2) is 17.5 Å². The minimum atomic E-state index is -0.565. The van der Waals surface area contributed by atoms with Gasteiger partial charge in [-0.15, -0.1) is 11.3 Å². The summed E-state index contributed by atoms with van der Waals surface area (Å²) < 4.78 is 5.36. The Morgan fingerprint density at radius 3 is 2.70 bits per heavy atom. The Bertz CT molecular complexity index is 525. The molecular formula is C16H25N3O3S. The van der Waals surface area contributed by atoms with Crippen LogP contribution >= 0.6 is 11.3 Å². The van der Waals surface area contributed by atoms with Gasteiger partial charge in [0, 0.05) is 25.2 Å². The topological polar surface area (TPSA) is 70.7 Å². The van der Waals surface area contributed by atoms with E-state index in [0.717, 1.165) is 26.3 Å². The maximum atomic E-state index is 12.2. The largest absolute Gasteiger partial charge is 0.379 e. The summed E-state index contributed by atoms with van der Waals surface area (Å²) in [4.78, 5) is 27.1. The summed E-state index contributed by atoms with van der Waals surface area (Å²) in [7, 11) is 0. The van der Waals surface area contributed by atoms with E-state index in [-0.39, 0.29) is 17.4 Å². The molecule has 2 heterocycles. The molecule has 1 atom stereocenters. The van der Waals surface area contributed by atoms with Gasteiger partial charge >= 0.3 is 0 Å². The molecule has 0 spiro atoms. The van der Waals surface area contributed by atoms with Crippen molar-refractivity contribution in [2.24, 2.45) is 0 Å². The number of hydrogen-bond donors (Lipinski definition) is 2. The Labute approximate surface area is 141 Å². The van der Waals surface area contributed by atoms with E-state index >= 15 is 0 Å². The predicted molar refractivity (Wildman–Crippen MR) is 90.7 cm³/mol. The second-order valence-electron chi connectivity index (χ2n) is 6.30. The average molecular weight is 339 g/mol. The smallest absolute Gasteiger partial charge is 0.261 e. The van der Waals surface area contributed by atoms with Crippen LogP contribution in [0.5, 0.6) is 0 Å². The molecule has 7 heteroatoms. The predicted octanol–water partition coefficient (Wildman–Crippen LogP) is 1.09. The quantitative estimate of drug-likeness (QED) is 0.814. The number of carbonyl (C=O) groups excluding carboxylic acids is 2. The van der Waals surface area contributed by atoms with Crippen molar-refractivity contribution < 1.29 is 14.3 Å². The highest BCUT2D eigenvalue weighted by Crippen LogP contribution is 2.15. The summed E-state index contributed by atoms with van der Waals surface area (Å²) in [5.41, 5.74) is -0.142. The summed E-state index contributed by atoms with van der Waals surface area (Å²) in [5, 5.41) is 7.50. The number of nitrogens with zero attached hydrogens (tertiary/aromatic N) is 1. The molecular weight excluding hydrogens is 314 g/mol. The summed E-state index contributed by atoms with van der Waals surface area (Å²) >= 11 is 1.36. The van der Waals surface area contributed by atoms with Gasteiger partial charge in [-0.3, -0.25) is 14.5 Å². The molecule has 6 nitrogen and oxygen atoms in total. The highest BCUT2D eigenvalue weighted by atomic mass is 32.1. The Kier molecular flexibility index (Phi) is 6.15. The molecule has 0 bridgehead atoms. The van der Waals surface area contributed by atoms with Gasteiger partial charge in [-0.2, -0.15) is 0 Å². The van der Waals surface area contributed by atoms with Gasteiger partial charge in [0.25, 0.3) is 5.91 Å². The number of carbonyl (C=O) groups is 2. The van der Waals surface area contributed by atoms with Crippen molar-refractivity contribution in [2.45, 2.75) is 32.4 Å². The third kappa shape index (κ3) is 5.02. The molecule has 128 valence electrons. The number of ether oxygens (including phenoxy) is 1. The standard InChI is InChI=1S/C16H25N3O3S/c1-12(18-15(21)13-5-4-10-23-13)14(20)17-11-16(2,3)19-6-8-22-9-7-19/h4-5,10,12H,6-9,11H2,1-3H3,(H,17,20)(H,18,21). The number of hydrogen-bond acceptors (Lipinski definition) is 5. The number of amides is 2. The van der Waals surface area contributed by atoms with Crippen molar-refractivity contribution >= 4 is 23.2 Å². The fourth-order valence-corrected chi connectivity index (χ4v) is 3.10. The highest BCUT2D eigenvalue weighted by molar-refractivity contribution is 7.12. The lowest BCUT2D eigenvalue weighted by Gasteiger charge is -2.41. The zero-order chi connectivity index (χ0) is 16.9. The molecule has 2 rings (SSSR count). The third-order valence-electron chi connectivity index (χ3n) is 4.05. The van der Waals surface area contributed by atoms with E-state index in [1.807, 2.05) is 11.4 Å². The van der Waals surface area contributed by atoms with Crippen LogP contribution in [0.2, 0.25) is 0 Å². The monoisotopic (exact) mass is 339 g/mol. The van der Waals surface area contributed by atoms with Gasteiger partial charge in [0.2, 0.25) is 5.91 Å². The number of rotatable bonds is 6. The van der Waals surface area contributed by atoms with E-state index in [9.17, 15) is 9.59 Å². The molecule has 2 N–H and O–H groups in total. The van der Waals surface area contributed by atoms with Gasteiger partial charge in [-0.25, -0.2) is 0 Å². The number of nitrogens with one attached hydrogen (secondary N) is 2. The van der Waals surface area contributed by atoms with E-state index < -0.39 is 6.04 Å². The average Bonchev–Trinajstić information content (AvgIpc) is 3.08. The molecule has 2 amide bonds. The zero-order valence-corrected chi connectivity index (χ0v) is 14.7. The Morgan fingerprint density at radius 2 is 2.09 bits per heavy atom. The van der Waals surface area contributed by atoms with Crippen LogP contribution in [0.25, 0.3) is 0 Å². The highest BCUT2D eigenvalue weighted by Gasteiger charge is 2.29. The lowest BCUT2D eigenvalue weighted by atomic mass is 10.0. The first-order valence-electron chi connectivity index (χ1n) is 7.85. The van der Waals surface area contributed by atoms with E-state index in [4.69, 9.17) is 4.74 Å². The van der Waals surface area contributed by atoms with Crippen molar-refractivity contribution in [1.29, 1.82) is 0 Å². The van der Waals surface area contributed by atoms with Crippen LogP contribution in [-0.2, 0) is 9.53 Å². The van der Waals surface area contributed by atoms with Crippen LogP contribution in [0.3, 0.4) is 0 Å². The summed E-state index contributed by atoms with van der Waals surface area (Å²) in [6.07, 6.45) is 0. The van der Waals surface area contributed by atoms with Gasteiger partial charge in [0.1, 0.15) is 6.04 Å². The Hall–Kier alpha value is -1.44. The van der Waals surface area contributed by atoms with Crippen molar-refractivity contribution in [3.05, 3.63) is 22.4 Å². The van der Waals surface area contributed by atoms with Gasteiger partial charge < -0.3 is 15.4 Å². The van der Waals surface area contributed by atoms with Crippen molar-refractivity contribution in [1.82, 2.24) is 15.5 Å². The third-order valence-corrected chi connectivity index (χ3v) is 4.92. The van der Waals surface area contributed by atoms with Crippen LogP contribution in [0.4, 0.5) is 0 Å². The van der Waals surface area contributed by atoms with E-state index in [1.165, 1.54) is 11.3 Å². The van der Waals surface area contributed by atoms with Gasteiger partial charge in [-0.1, -0.05) is 6.07 Å². The molecule has 23 heavy (non-hydrogen) atoms. The SMILES string of the molecule is CC(NC(=O)c1cccs1)C(=O)NCC(C)(C)N1CCOCC1. The lowest BCUT2D eigenvalue weighted by Crippen LogP contribution is -2.57. The van der Waals surface area contributed by atoms with Gasteiger partial charge in [0.05, 0.1) is 18.1 Å². The molecule has 1 fully saturated rings. The molecule has 1 aromatic rings. The molecule has 1 aliphatic heterocycles. The maximum Gasteiger partial charge on any atom is 0.261 e.